The number of aryl methyl sites for hydroxylation is 3. The van der Waals surface area contributed by atoms with E-state index in [0.717, 1.165) is 55.2 Å². The lowest BCUT2D eigenvalue weighted by Gasteiger charge is -2.39. The maximum atomic E-state index is 5.89. The van der Waals surface area contributed by atoms with E-state index in [1.165, 1.54) is 39.0 Å². The molecule has 2 atom stereocenters. The lowest BCUT2D eigenvalue weighted by atomic mass is 9.81. The number of imidazole rings is 1. The highest BCUT2D eigenvalue weighted by Crippen LogP contribution is 2.53. The smallest absolute Gasteiger partial charge is 0.161 e. The minimum Gasteiger partial charge on any atom is -0.495 e. The number of hydrogen-bond acceptors (Lipinski definition) is 5. The molecule has 6 rings (SSSR count). The molecule has 6 nitrogen and oxygen atoms in total. The van der Waals surface area contributed by atoms with Crippen LogP contribution in [0.1, 0.15) is 40.2 Å². The molecular formula is C31H35N3O3. The molecule has 0 unspecified atom stereocenters. The maximum Gasteiger partial charge on any atom is 0.161 e. The van der Waals surface area contributed by atoms with Crippen molar-refractivity contribution in [3.8, 4) is 17.2 Å². The van der Waals surface area contributed by atoms with Gasteiger partial charge in [0.25, 0.3) is 0 Å². The standard InChI is InChI=1S/C31H35N3O3/c1-19-12-25-26(13-20(19)2)34(18-32-25)11-7-10-33-17-22-14-21-15-28(36-4)29(37-5)16-24(21)30(22)23-8-6-9-27(35-3)31(23)33/h6,8-9,12-13,15-16,18,22,30H,7,10-11,14,17H2,1-5H3/t22-,30-/m0/s1. The van der Waals surface area contributed by atoms with Gasteiger partial charge in [-0.05, 0) is 90.8 Å². The third-order valence-electron chi connectivity index (χ3n) is 8.35. The first-order valence-corrected chi connectivity index (χ1v) is 13.1. The molecule has 0 saturated heterocycles. The minimum atomic E-state index is 0.333. The highest BCUT2D eigenvalue weighted by molar-refractivity contribution is 5.77. The molecule has 0 saturated carbocycles. The van der Waals surface area contributed by atoms with Gasteiger partial charge in [-0.1, -0.05) is 12.1 Å². The van der Waals surface area contributed by atoms with Crippen LogP contribution in [-0.2, 0) is 13.0 Å². The first kappa shape index (κ1) is 23.7. The molecule has 0 spiro atoms. The van der Waals surface area contributed by atoms with Crippen LogP contribution in [0.15, 0.2) is 48.8 Å². The average molecular weight is 498 g/mol. The van der Waals surface area contributed by atoms with Gasteiger partial charge in [-0.25, -0.2) is 4.98 Å². The van der Waals surface area contributed by atoms with Crippen molar-refractivity contribution < 1.29 is 14.2 Å². The molecule has 37 heavy (non-hydrogen) atoms. The molecule has 1 aromatic heterocycles. The van der Waals surface area contributed by atoms with E-state index >= 15 is 0 Å². The average Bonchev–Trinajstić information content (AvgIpc) is 3.47. The number of fused-ring (bicyclic) bond motifs is 6. The van der Waals surface area contributed by atoms with Gasteiger partial charge in [0, 0.05) is 25.6 Å². The molecule has 192 valence electrons. The van der Waals surface area contributed by atoms with Gasteiger partial charge in [-0.15, -0.1) is 0 Å². The highest BCUT2D eigenvalue weighted by atomic mass is 16.5. The van der Waals surface area contributed by atoms with Gasteiger partial charge in [0.05, 0.1) is 44.4 Å². The largest absolute Gasteiger partial charge is 0.495 e. The highest BCUT2D eigenvalue weighted by Gasteiger charge is 2.41. The van der Waals surface area contributed by atoms with Crippen LogP contribution in [-0.4, -0.2) is 44.0 Å². The van der Waals surface area contributed by atoms with Crippen molar-refractivity contribution in [2.45, 2.75) is 39.2 Å². The normalized spacial score (nSPS) is 17.9. The second-order valence-electron chi connectivity index (χ2n) is 10.4. The van der Waals surface area contributed by atoms with E-state index in [0.29, 0.717) is 11.8 Å². The van der Waals surface area contributed by atoms with Crippen molar-refractivity contribution in [3.05, 3.63) is 76.6 Å². The number of aromatic nitrogens is 2. The molecule has 0 N–H and O–H groups in total. The SMILES string of the molecule is COc1cc2c(cc1OC)[C@@H]1c3cccc(OC)c3N(CCCn3cnc4cc(C)c(C)cc43)C[C@@H]1C2. The monoisotopic (exact) mass is 497 g/mol. The first-order chi connectivity index (χ1) is 18.0. The fraction of sp³-hybridized carbons (Fsp3) is 0.387. The number of benzene rings is 3. The molecule has 2 aliphatic rings. The Bertz CT molecular complexity index is 1470. The third kappa shape index (κ3) is 3.90. The number of nitrogens with zero attached hydrogens (tertiary/aromatic N) is 3. The summed E-state index contributed by atoms with van der Waals surface area (Å²) in [7, 11) is 5.20. The van der Waals surface area contributed by atoms with Gasteiger partial charge >= 0.3 is 0 Å². The van der Waals surface area contributed by atoms with Gasteiger partial charge in [0.15, 0.2) is 11.5 Å². The molecule has 1 aliphatic carbocycles. The van der Waals surface area contributed by atoms with E-state index in [1.54, 1.807) is 21.3 Å². The fourth-order valence-electron chi connectivity index (χ4n) is 6.44. The predicted octanol–water partition coefficient (Wildman–Crippen LogP) is 5.89. The Balaban J connectivity index is 1.30. The molecule has 4 aromatic rings. The van der Waals surface area contributed by atoms with Crippen LogP contribution >= 0.6 is 0 Å². The van der Waals surface area contributed by atoms with Crippen LogP contribution in [0.3, 0.4) is 0 Å². The molecule has 6 heteroatoms. The summed E-state index contributed by atoms with van der Waals surface area (Å²) in [6.07, 6.45) is 4.05. The van der Waals surface area contributed by atoms with Gasteiger partial charge in [0.1, 0.15) is 5.75 Å². The predicted molar refractivity (Wildman–Crippen MR) is 148 cm³/mol. The number of anilines is 1. The van der Waals surface area contributed by atoms with Gasteiger partial charge < -0.3 is 23.7 Å². The summed E-state index contributed by atoms with van der Waals surface area (Å²) in [5, 5.41) is 0. The second kappa shape index (κ2) is 9.33. The van der Waals surface area contributed by atoms with Crippen molar-refractivity contribution >= 4 is 16.7 Å². The summed E-state index contributed by atoms with van der Waals surface area (Å²) in [5.41, 5.74) is 10.2. The summed E-state index contributed by atoms with van der Waals surface area (Å²) < 4.78 is 19.5. The molecule has 1 aliphatic heterocycles. The molecule has 2 heterocycles. The molecular weight excluding hydrogens is 462 g/mol. The van der Waals surface area contributed by atoms with Crippen LogP contribution in [0.4, 0.5) is 5.69 Å². The second-order valence-corrected chi connectivity index (χ2v) is 10.4. The van der Waals surface area contributed by atoms with Crippen molar-refractivity contribution in [2.75, 3.05) is 39.3 Å². The molecule has 0 amide bonds. The molecule has 0 fully saturated rings. The van der Waals surface area contributed by atoms with Crippen molar-refractivity contribution in [1.29, 1.82) is 0 Å². The molecule has 0 radical (unpaired) electrons. The maximum absolute atomic E-state index is 5.89. The Morgan fingerprint density at radius 1 is 0.865 bits per heavy atom. The number of methoxy groups -OCH3 is 3. The quantitative estimate of drug-likeness (QED) is 0.319. The number of para-hydroxylation sites is 1. The van der Waals surface area contributed by atoms with Crippen LogP contribution < -0.4 is 19.1 Å². The van der Waals surface area contributed by atoms with Crippen LogP contribution in [0, 0.1) is 19.8 Å². The van der Waals surface area contributed by atoms with Gasteiger partial charge in [-0.3, -0.25) is 0 Å². The van der Waals surface area contributed by atoms with E-state index < -0.39 is 0 Å². The van der Waals surface area contributed by atoms with E-state index in [9.17, 15) is 0 Å². The lowest BCUT2D eigenvalue weighted by molar-refractivity contribution is 0.354. The number of ether oxygens (including phenoxy) is 3. The zero-order chi connectivity index (χ0) is 25.7. The van der Waals surface area contributed by atoms with E-state index in [1.807, 2.05) is 6.33 Å². The molecule has 3 aromatic carbocycles. The Morgan fingerprint density at radius 2 is 1.62 bits per heavy atom. The number of hydrogen-bond donors (Lipinski definition) is 0. The lowest BCUT2D eigenvalue weighted by Crippen LogP contribution is -2.38. The van der Waals surface area contributed by atoms with E-state index in [-0.39, 0.29) is 0 Å². The number of rotatable bonds is 7. The van der Waals surface area contributed by atoms with Crippen molar-refractivity contribution in [1.82, 2.24) is 9.55 Å². The third-order valence-corrected chi connectivity index (χ3v) is 8.35. The summed E-state index contributed by atoms with van der Waals surface area (Å²) in [6.45, 7) is 7.22. The summed E-state index contributed by atoms with van der Waals surface area (Å²) in [6, 6.07) is 15.3. The fourth-order valence-corrected chi connectivity index (χ4v) is 6.44. The Hall–Kier alpha value is -3.67. The zero-order valence-corrected chi connectivity index (χ0v) is 22.4. The van der Waals surface area contributed by atoms with E-state index in [4.69, 9.17) is 14.2 Å². The Morgan fingerprint density at radius 3 is 2.41 bits per heavy atom. The summed E-state index contributed by atoms with van der Waals surface area (Å²) in [4.78, 5) is 7.20. The first-order valence-electron chi connectivity index (χ1n) is 13.1. The van der Waals surface area contributed by atoms with E-state index in [2.05, 4.69) is 70.8 Å². The van der Waals surface area contributed by atoms with Gasteiger partial charge in [0.2, 0.25) is 0 Å². The van der Waals surface area contributed by atoms with Crippen LogP contribution in [0.25, 0.3) is 11.0 Å². The topological polar surface area (TPSA) is 48.8 Å². The van der Waals surface area contributed by atoms with Gasteiger partial charge in [-0.2, -0.15) is 0 Å². The Labute approximate surface area is 218 Å². The summed E-state index contributed by atoms with van der Waals surface area (Å²) in [5.74, 6) is 3.39. The summed E-state index contributed by atoms with van der Waals surface area (Å²) >= 11 is 0. The zero-order valence-electron chi connectivity index (χ0n) is 22.4. The van der Waals surface area contributed by atoms with Crippen molar-refractivity contribution in [3.63, 3.8) is 0 Å². The van der Waals surface area contributed by atoms with Crippen LogP contribution in [0.5, 0.6) is 17.2 Å². The molecule has 0 bridgehead atoms. The van der Waals surface area contributed by atoms with Crippen molar-refractivity contribution in [2.24, 2.45) is 5.92 Å². The minimum absolute atomic E-state index is 0.333. The Kier molecular flexibility index (Phi) is 5.98. The van der Waals surface area contributed by atoms with Crippen LogP contribution in [0.2, 0.25) is 0 Å².